The van der Waals surface area contributed by atoms with E-state index in [0.29, 0.717) is 0 Å². The molecule has 3 nitrogen and oxygen atoms in total. The van der Waals surface area contributed by atoms with Gasteiger partial charge < -0.3 is 5.32 Å². The zero-order valence-corrected chi connectivity index (χ0v) is 11.5. The Labute approximate surface area is 110 Å². The Balaban J connectivity index is 2.61. The van der Waals surface area contributed by atoms with Gasteiger partial charge in [0.1, 0.15) is 0 Å². The molecule has 1 unspecified atom stereocenters. The Morgan fingerprint density at radius 1 is 1.21 bits per heavy atom. The molecule has 1 aromatic rings. The van der Waals surface area contributed by atoms with Gasteiger partial charge in [0.25, 0.3) is 0 Å². The smallest absolute Gasteiger partial charge is 0.310 e. The van der Waals surface area contributed by atoms with E-state index in [-0.39, 0.29) is 17.5 Å². The van der Waals surface area contributed by atoms with E-state index in [0.717, 1.165) is 11.8 Å². The van der Waals surface area contributed by atoms with Crippen molar-refractivity contribution in [1.82, 2.24) is 5.32 Å². The molecule has 0 fully saturated rings. The summed E-state index contributed by atoms with van der Waals surface area (Å²) in [5.41, 5.74) is 0.745. The Morgan fingerprint density at radius 2 is 1.74 bits per heavy atom. The first-order valence-corrected chi connectivity index (χ1v) is 7.59. The molecule has 1 atom stereocenters. The summed E-state index contributed by atoms with van der Waals surface area (Å²) in [5, 5.41) is 2.74. The highest BCUT2D eigenvalue weighted by atomic mass is 32.2. The van der Waals surface area contributed by atoms with Crippen molar-refractivity contribution in [1.29, 1.82) is 0 Å². The van der Waals surface area contributed by atoms with E-state index in [2.05, 4.69) is 5.32 Å². The molecular weight excluding hydrogens is 279 g/mol. The van der Waals surface area contributed by atoms with Gasteiger partial charge in [-0.1, -0.05) is 12.1 Å². The lowest BCUT2D eigenvalue weighted by molar-refractivity contribution is -0.133. The lowest BCUT2D eigenvalue weighted by Gasteiger charge is -2.15. The molecule has 0 aliphatic heterocycles. The number of nitrogens with one attached hydrogen (secondary N) is 1. The molecule has 0 radical (unpaired) electrons. The first-order chi connectivity index (χ1) is 8.59. The zero-order valence-electron chi connectivity index (χ0n) is 10.7. The molecule has 0 heterocycles. The van der Waals surface area contributed by atoms with E-state index in [1.165, 1.54) is 12.1 Å². The van der Waals surface area contributed by atoms with Gasteiger partial charge >= 0.3 is 6.18 Å². The quantitative estimate of drug-likeness (QED) is 0.908. The maximum Gasteiger partial charge on any atom is 0.390 e. The van der Waals surface area contributed by atoms with Crippen molar-refractivity contribution in [3.05, 3.63) is 29.8 Å². The van der Waals surface area contributed by atoms with Gasteiger partial charge in [0.2, 0.25) is 0 Å². The number of sulfone groups is 1. The average Bonchev–Trinajstić information content (AvgIpc) is 2.26. The van der Waals surface area contributed by atoms with Crippen molar-refractivity contribution in [2.24, 2.45) is 0 Å². The van der Waals surface area contributed by atoms with E-state index in [9.17, 15) is 21.6 Å². The second kappa shape index (κ2) is 5.92. The van der Waals surface area contributed by atoms with E-state index in [1.54, 1.807) is 19.1 Å². The highest BCUT2D eigenvalue weighted by Crippen LogP contribution is 2.20. The van der Waals surface area contributed by atoms with Gasteiger partial charge in [-0.25, -0.2) is 8.42 Å². The minimum atomic E-state index is -4.17. The fraction of sp³-hybridized carbons (Fsp3) is 0.500. The monoisotopic (exact) mass is 295 g/mol. The van der Waals surface area contributed by atoms with Crippen molar-refractivity contribution in [3.8, 4) is 0 Å². The minimum absolute atomic E-state index is 0.168. The van der Waals surface area contributed by atoms with Crippen LogP contribution in [0.15, 0.2) is 29.2 Å². The second-order valence-corrected chi connectivity index (χ2v) is 6.40. The zero-order chi connectivity index (χ0) is 14.7. The summed E-state index contributed by atoms with van der Waals surface area (Å²) in [4.78, 5) is 0.193. The highest BCUT2D eigenvalue weighted by Gasteiger charge is 2.26. The molecule has 0 saturated carbocycles. The fourth-order valence-corrected chi connectivity index (χ4v) is 2.18. The van der Waals surface area contributed by atoms with Gasteiger partial charge in [-0.05, 0) is 24.6 Å². The van der Waals surface area contributed by atoms with Crippen LogP contribution < -0.4 is 5.32 Å². The van der Waals surface area contributed by atoms with Gasteiger partial charge in [0, 0.05) is 18.8 Å². The van der Waals surface area contributed by atoms with Crippen LogP contribution in [-0.4, -0.2) is 27.4 Å². The molecular formula is C12H16F3NO2S. The van der Waals surface area contributed by atoms with E-state index in [1.807, 2.05) is 0 Å². The van der Waals surface area contributed by atoms with Gasteiger partial charge in [-0.15, -0.1) is 0 Å². The molecule has 1 N–H and O–H groups in total. The molecule has 0 spiro atoms. The second-order valence-electron chi connectivity index (χ2n) is 4.38. The van der Waals surface area contributed by atoms with Crippen molar-refractivity contribution in [2.45, 2.75) is 30.5 Å². The summed E-state index contributed by atoms with van der Waals surface area (Å²) in [6.45, 7) is 1.56. The Morgan fingerprint density at radius 3 is 2.16 bits per heavy atom. The van der Waals surface area contributed by atoms with Crippen LogP contribution in [0.3, 0.4) is 0 Å². The van der Waals surface area contributed by atoms with Gasteiger partial charge in [-0.3, -0.25) is 0 Å². The molecule has 108 valence electrons. The molecule has 0 aliphatic carbocycles. The largest absolute Gasteiger partial charge is 0.390 e. The molecule has 0 saturated heterocycles. The van der Waals surface area contributed by atoms with Crippen LogP contribution in [0, 0.1) is 0 Å². The molecule has 7 heteroatoms. The third-order valence-electron chi connectivity index (χ3n) is 2.67. The van der Waals surface area contributed by atoms with Crippen molar-refractivity contribution >= 4 is 9.84 Å². The SMILES string of the molecule is CC(NCCC(F)(F)F)c1ccc(S(C)(=O)=O)cc1. The Hall–Kier alpha value is -1.08. The van der Waals surface area contributed by atoms with Crippen molar-refractivity contribution in [2.75, 3.05) is 12.8 Å². The van der Waals surface area contributed by atoms with Gasteiger partial charge in [0.15, 0.2) is 9.84 Å². The lowest BCUT2D eigenvalue weighted by atomic mass is 10.1. The van der Waals surface area contributed by atoms with Crippen LogP contribution in [0.1, 0.15) is 24.9 Å². The predicted molar refractivity (Wildman–Crippen MR) is 66.6 cm³/mol. The maximum absolute atomic E-state index is 12.0. The van der Waals surface area contributed by atoms with Crippen molar-refractivity contribution < 1.29 is 21.6 Å². The molecule has 1 aromatic carbocycles. The molecule has 0 aliphatic rings. The van der Waals surface area contributed by atoms with Crippen LogP contribution in [0.4, 0.5) is 13.2 Å². The highest BCUT2D eigenvalue weighted by molar-refractivity contribution is 7.90. The van der Waals surface area contributed by atoms with Crippen molar-refractivity contribution in [3.63, 3.8) is 0 Å². The Bertz CT molecular complexity index is 509. The summed E-state index contributed by atoms with van der Waals surface area (Å²) in [7, 11) is -3.25. The first-order valence-electron chi connectivity index (χ1n) is 5.70. The number of rotatable bonds is 5. The average molecular weight is 295 g/mol. The standard InChI is InChI=1S/C12H16F3NO2S/c1-9(16-8-7-12(13,14)15)10-3-5-11(6-4-10)19(2,17)18/h3-6,9,16H,7-8H2,1-2H3. The Kier molecular flexibility index (Phi) is 4.98. The molecule has 1 rings (SSSR count). The van der Waals surface area contributed by atoms with E-state index in [4.69, 9.17) is 0 Å². The summed E-state index contributed by atoms with van der Waals surface area (Å²) in [6, 6.07) is 5.83. The third kappa shape index (κ3) is 5.61. The predicted octanol–water partition coefficient (Wildman–Crippen LogP) is 2.69. The van der Waals surface area contributed by atoms with E-state index < -0.39 is 22.4 Å². The number of alkyl halides is 3. The lowest BCUT2D eigenvalue weighted by Crippen LogP contribution is -2.24. The van der Waals surface area contributed by atoms with Crippen LogP contribution in [0.25, 0.3) is 0 Å². The summed E-state index contributed by atoms with van der Waals surface area (Å²) >= 11 is 0. The van der Waals surface area contributed by atoms with Gasteiger partial charge in [-0.2, -0.15) is 13.2 Å². The van der Waals surface area contributed by atoms with Crippen LogP contribution >= 0.6 is 0 Å². The third-order valence-corrected chi connectivity index (χ3v) is 3.80. The molecule has 19 heavy (non-hydrogen) atoms. The van der Waals surface area contributed by atoms with E-state index >= 15 is 0 Å². The number of halogens is 3. The first kappa shape index (κ1) is 16.0. The summed E-state index contributed by atoms with van der Waals surface area (Å²) in [5.74, 6) is 0. The maximum atomic E-state index is 12.0. The number of hydrogen-bond acceptors (Lipinski definition) is 3. The normalized spacial score (nSPS) is 14.4. The van der Waals surface area contributed by atoms with Crippen LogP contribution in [0.2, 0.25) is 0 Å². The molecule has 0 bridgehead atoms. The molecule has 0 aromatic heterocycles. The fourth-order valence-electron chi connectivity index (χ4n) is 1.55. The van der Waals surface area contributed by atoms with Crippen LogP contribution in [-0.2, 0) is 9.84 Å². The van der Waals surface area contributed by atoms with Crippen LogP contribution in [0.5, 0.6) is 0 Å². The summed E-state index contributed by atoms with van der Waals surface area (Å²) in [6.07, 6.45) is -3.96. The number of benzene rings is 1. The number of hydrogen-bond donors (Lipinski definition) is 1. The molecule has 0 amide bonds. The van der Waals surface area contributed by atoms with Gasteiger partial charge in [0.05, 0.1) is 11.3 Å². The topological polar surface area (TPSA) is 46.2 Å². The summed E-state index contributed by atoms with van der Waals surface area (Å²) < 4.78 is 58.5. The minimum Gasteiger partial charge on any atom is -0.310 e.